The van der Waals surface area contributed by atoms with E-state index in [0.29, 0.717) is 6.42 Å². The van der Waals surface area contributed by atoms with E-state index in [1.54, 1.807) is 0 Å². The third-order valence-corrected chi connectivity index (χ3v) is 4.67. The molecule has 1 unspecified atom stereocenters. The second-order valence-electron chi connectivity index (χ2n) is 4.81. The van der Waals surface area contributed by atoms with E-state index >= 15 is 0 Å². The van der Waals surface area contributed by atoms with Gasteiger partial charge < -0.3 is 0 Å². The lowest BCUT2D eigenvalue weighted by Gasteiger charge is -2.07. The zero-order valence-corrected chi connectivity index (χ0v) is 12.2. The predicted molar refractivity (Wildman–Crippen MR) is 71.9 cm³/mol. The summed E-state index contributed by atoms with van der Waals surface area (Å²) in [6.45, 7) is 3.67. The fourth-order valence-corrected chi connectivity index (χ4v) is 2.29. The summed E-state index contributed by atoms with van der Waals surface area (Å²) in [5, 5.41) is -0.831. The maximum Gasteiger partial charge on any atom is 0.157 e. The number of rotatable bonds is 10. The molecule has 0 fully saturated rings. The van der Waals surface area contributed by atoms with E-state index in [9.17, 15) is 13.2 Å². The predicted octanol–water partition coefficient (Wildman–Crippen LogP) is 3.13. The van der Waals surface area contributed by atoms with Crippen molar-refractivity contribution in [3.63, 3.8) is 0 Å². The summed E-state index contributed by atoms with van der Waals surface area (Å²) in [4.78, 5) is 11.5. The van der Waals surface area contributed by atoms with Crippen molar-refractivity contribution in [2.24, 2.45) is 0 Å². The highest BCUT2D eigenvalue weighted by Gasteiger charge is 2.22. The standard InChI is InChI=1S/C13H26O3S/c1-4-5-6-7-8-9-10-11-13(14)12(2)17(3,15)16/h12H,4-11H2,1-3H3. The van der Waals surface area contributed by atoms with E-state index in [4.69, 9.17) is 0 Å². The van der Waals surface area contributed by atoms with Crippen molar-refractivity contribution in [3.8, 4) is 0 Å². The number of ketones is 1. The Morgan fingerprint density at radius 3 is 1.94 bits per heavy atom. The molecule has 3 nitrogen and oxygen atoms in total. The van der Waals surface area contributed by atoms with E-state index in [-0.39, 0.29) is 5.78 Å². The molecule has 0 radical (unpaired) electrons. The average Bonchev–Trinajstić information content (AvgIpc) is 2.25. The molecule has 0 bridgehead atoms. The highest BCUT2D eigenvalue weighted by atomic mass is 32.2. The number of hydrogen-bond acceptors (Lipinski definition) is 3. The van der Waals surface area contributed by atoms with Crippen LogP contribution in [-0.2, 0) is 14.6 Å². The van der Waals surface area contributed by atoms with E-state index in [2.05, 4.69) is 6.92 Å². The van der Waals surface area contributed by atoms with Crippen LogP contribution in [0.3, 0.4) is 0 Å². The van der Waals surface area contributed by atoms with Crippen LogP contribution in [0.1, 0.15) is 65.2 Å². The minimum atomic E-state index is -3.21. The molecular formula is C13H26O3S. The van der Waals surface area contributed by atoms with Gasteiger partial charge in [0.05, 0.1) is 0 Å². The molecule has 17 heavy (non-hydrogen) atoms. The Morgan fingerprint density at radius 1 is 1.00 bits per heavy atom. The Bertz CT molecular complexity index is 307. The van der Waals surface area contributed by atoms with E-state index in [1.807, 2.05) is 0 Å². The van der Waals surface area contributed by atoms with Crippen LogP contribution in [0.5, 0.6) is 0 Å². The molecule has 0 aliphatic rings. The fourth-order valence-electron chi connectivity index (χ4n) is 1.70. The maximum absolute atomic E-state index is 11.5. The second-order valence-corrected chi connectivity index (χ2v) is 7.18. The molecule has 0 spiro atoms. The normalized spacial score (nSPS) is 13.6. The van der Waals surface area contributed by atoms with Crippen molar-refractivity contribution in [1.29, 1.82) is 0 Å². The number of sulfone groups is 1. The van der Waals surface area contributed by atoms with Gasteiger partial charge in [-0.25, -0.2) is 8.42 Å². The van der Waals surface area contributed by atoms with Gasteiger partial charge in [-0.2, -0.15) is 0 Å². The third-order valence-electron chi connectivity index (χ3n) is 3.12. The first-order valence-electron chi connectivity index (χ1n) is 6.61. The Morgan fingerprint density at radius 2 is 1.47 bits per heavy atom. The topological polar surface area (TPSA) is 51.2 Å². The molecule has 1 atom stereocenters. The van der Waals surface area contributed by atoms with Crippen LogP contribution in [0, 0.1) is 0 Å². The van der Waals surface area contributed by atoms with Gasteiger partial charge in [0.15, 0.2) is 15.6 Å². The Kier molecular flexibility index (Phi) is 8.48. The molecule has 0 saturated heterocycles. The summed E-state index contributed by atoms with van der Waals surface area (Å²) < 4.78 is 22.3. The van der Waals surface area contributed by atoms with Gasteiger partial charge in [-0.05, 0) is 13.3 Å². The molecular weight excluding hydrogens is 236 g/mol. The Hall–Kier alpha value is -0.380. The maximum atomic E-state index is 11.5. The van der Waals surface area contributed by atoms with Crippen molar-refractivity contribution < 1.29 is 13.2 Å². The minimum Gasteiger partial charge on any atom is -0.298 e. The van der Waals surface area contributed by atoms with Crippen LogP contribution in [0.2, 0.25) is 0 Å². The molecule has 0 saturated carbocycles. The molecule has 102 valence electrons. The van der Waals surface area contributed by atoms with Gasteiger partial charge in [0.25, 0.3) is 0 Å². The molecule has 0 aromatic heterocycles. The monoisotopic (exact) mass is 262 g/mol. The molecule has 0 aromatic carbocycles. The number of carbonyl (C=O) groups is 1. The zero-order chi connectivity index (χ0) is 13.3. The first kappa shape index (κ1) is 16.6. The van der Waals surface area contributed by atoms with Gasteiger partial charge in [-0.3, -0.25) is 4.79 Å². The van der Waals surface area contributed by atoms with Gasteiger partial charge in [0, 0.05) is 12.7 Å². The lowest BCUT2D eigenvalue weighted by Crippen LogP contribution is -2.25. The van der Waals surface area contributed by atoms with Crippen molar-refractivity contribution in [2.45, 2.75) is 70.5 Å². The van der Waals surface area contributed by atoms with E-state index in [1.165, 1.54) is 32.6 Å². The summed E-state index contributed by atoms with van der Waals surface area (Å²) in [6, 6.07) is 0. The fraction of sp³-hybridized carbons (Fsp3) is 0.923. The summed E-state index contributed by atoms with van der Waals surface area (Å²) in [7, 11) is -3.21. The first-order chi connectivity index (χ1) is 7.89. The SMILES string of the molecule is CCCCCCCCCC(=O)C(C)S(C)(=O)=O. The number of hydrogen-bond donors (Lipinski definition) is 0. The molecule has 0 aliphatic carbocycles. The minimum absolute atomic E-state index is 0.138. The molecule has 0 aromatic rings. The molecule has 0 amide bonds. The van der Waals surface area contributed by atoms with Gasteiger partial charge in [-0.15, -0.1) is 0 Å². The van der Waals surface area contributed by atoms with Crippen LogP contribution in [0.4, 0.5) is 0 Å². The highest BCUT2D eigenvalue weighted by Crippen LogP contribution is 2.11. The highest BCUT2D eigenvalue weighted by molar-refractivity contribution is 7.92. The average molecular weight is 262 g/mol. The second kappa shape index (κ2) is 8.67. The Balaban J connectivity index is 3.59. The van der Waals surface area contributed by atoms with Gasteiger partial charge in [-0.1, -0.05) is 45.4 Å². The summed E-state index contributed by atoms with van der Waals surface area (Å²) >= 11 is 0. The van der Waals surface area contributed by atoms with Crippen LogP contribution in [0.15, 0.2) is 0 Å². The number of carbonyl (C=O) groups excluding carboxylic acids is 1. The smallest absolute Gasteiger partial charge is 0.157 e. The number of unbranched alkanes of at least 4 members (excludes halogenated alkanes) is 6. The summed E-state index contributed by atoms with van der Waals surface area (Å²) in [6.07, 6.45) is 9.56. The molecule has 0 aliphatic heterocycles. The lowest BCUT2D eigenvalue weighted by molar-refractivity contribution is -0.118. The van der Waals surface area contributed by atoms with E-state index < -0.39 is 15.1 Å². The molecule has 0 rings (SSSR count). The van der Waals surface area contributed by atoms with Crippen LogP contribution in [-0.4, -0.2) is 25.7 Å². The van der Waals surface area contributed by atoms with Crippen molar-refractivity contribution in [2.75, 3.05) is 6.26 Å². The molecule has 0 N–H and O–H groups in total. The number of Topliss-reactive ketones (excluding diaryl/α,β-unsaturated/α-hetero) is 1. The summed E-state index contributed by atoms with van der Waals surface area (Å²) in [5.41, 5.74) is 0. The quantitative estimate of drug-likeness (QED) is 0.568. The molecule has 0 heterocycles. The van der Waals surface area contributed by atoms with Crippen molar-refractivity contribution >= 4 is 15.6 Å². The van der Waals surface area contributed by atoms with Gasteiger partial charge in [0.1, 0.15) is 5.25 Å². The summed E-state index contributed by atoms with van der Waals surface area (Å²) in [5.74, 6) is -0.138. The van der Waals surface area contributed by atoms with Crippen molar-refractivity contribution in [1.82, 2.24) is 0 Å². The van der Waals surface area contributed by atoms with E-state index in [0.717, 1.165) is 25.5 Å². The zero-order valence-electron chi connectivity index (χ0n) is 11.4. The Labute approximate surface area is 106 Å². The van der Waals surface area contributed by atoms with Gasteiger partial charge in [0.2, 0.25) is 0 Å². The molecule has 4 heteroatoms. The van der Waals surface area contributed by atoms with Crippen molar-refractivity contribution in [3.05, 3.63) is 0 Å². The van der Waals surface area contributed by atoms with Crippen LogP contribution < -0.4 is 0 Å². The van der Waals surface area contributed by atoms with Crippen LogP contribution >= 0.6 is 0 Å². The lowest BCUT2D eigenvalue weighted by atomic mass is 10.1. The first-order valence-corrected chi connectivity index (χ1v) is 8.56. The third kappa shape index (κ3) is 8.36. The van der Waals surface area contributed by atoms with Gasteiger partial charge >= 0.3 is 0 Å². The largest absolute Gasteiger partial charge is 0.298 e. The van der Waals surface area contributed by atoms with Crippen LogP contribution in [0.25, 0.3) is 0 Å².